The average molecular weight is 234 g/mol. The first-order valence-corrected chi connectivity index (χ1v) is 5.83. The maximum absolute atomic E-state index is 13.4. The molecule has 17 heavy (non-hydrogen) atoms. The van der Waals surface area contributed by atoms with Gasteiger partial charge in [0.1, 0.15) is 11.9 Å². The molecule has 1 fully saturated rings. The van der Waals surface area contributed by atoms with Gasteiger partial charge >= 0.3 is 0 Å². The predicted octanol–water partition coefficient (Wildman–Crippen LogP) is 2.41. The molecule has 1 aromatic rings. The Morgan fingerprint density at radius 1 is 1.29 bits per heavy atom. The number of hydrogen-bond acceptors (Lipinski definition) is 3. The van der Waals surface area contributed by atoms with Crippen molar-refractivity contribution in [2.24, 2.45) is 0 Å². The van der Waals surface area contributed by atoms with E-state index in [4.69, 9.17) is 5.26 Å². The normalized spacial score (nSPS) is 24.1. The third-order valence-electron chi connectivity index (χ3n) is 3.16. The van der Waals surface area contributed by atoms with E-state index >= 15 is 0 Å². The molecule has 4 heteroatoms. The van der Waals surface area contributed by atoms with Gasteiger partial charge in [-0.25, -0.2) is 4.39 Å². The average Bonchev–Trinajstić information content (AvgIpc) is 2.32. The van der Waals surface area contributed by atoms with Crippen molar-refractivity contribution in [1.29, 1.82) is 5.26 Å². The number of anilines is 1. The van der Waals surface area contributed by atoms with Crippen molar-refractivity contribution in [3.8, 4) is 6.07 Å². The molecule has 1 saturated carbocycles. The molecular formula is C13H15FN2O. The van der Waals surface area contributed by atoms with Crippen LogP contribution in [-0.4, -0.2) is 17.3 Å². The van der Waals surface area contributed by atoms with E-state index in [0.29, 0.717) is 5.69 Å². The fourth-order valence-corrected chi connectivity index (χ4v) is 2.15. The number of hydrogen-bond donors (Lipinski definition) is 2. The van der Waals surface area contributed by atoms with E-state index in [1.807, 2.05) is 0 Å². The van der Waals surface area contributed by atoms with Crippen LogP contribution in [0.4, 0.5) is 10.1 Å². The number of halogens is 1. The summed E-state index contributed by atoms with van der Waals surface area (Å²) >= 11 is 0. The van der Waals surface area contributed by atoms with Gasteiger partial charge in [0.05, 0.1) is 11.7 Å². The minimum absolute atomic E-state index is 0.0645. The second kappa shape index (κ2) is 5.15. The zero-order chi connectivity index (χ0) is 12.3. The molecule has 0 saturated heterocycles. The highest BCUT2D eigenvalue weighted by Crippen LogP contribution is 2.23. The largest absolute Gasteiger partial charge is 0.393 e. The Morgan fingerprint density at radius 2 is 2.00 bits per heavy atom. The number of aliphatic hydroxyl groups excluding tert-OH is 1. The van der Waals surface area contributed by atoms with Crippen molar-refractivity contribution < 1.29 is 9.50 Å². The van der Waals surface area contributed by atoms with E-state index < -0.39 is 5.82 Å². The van der Waals surface area contributed by atoms with Gasteiger partial charge in [0.25, 0.3) is 0 Å². The van der Waals surface area contributed by atoms with Gasteiger partial charge in [-0.15, -0.1) is 0 Å². The lowest BCUT2D eigenvalue weighted by atomic mass is 9.93. The molecule has 0 bridgehead atoms. The van der Waals surface area contributed by atoms with Crippen LogP contribution in [0.2, 0.25) is 0 Å². The molecule has 0 atom stereocenters. The van der Waals surface area contributed by atoms with Gasteiger partial charge in [-0.2, -0.15) is 5.26 Å². The molecule has 1 aliphatic carbocycles. The second-order valence-electron chi connectivity index (χ2n) is 4.46. The van der Waals surface area contributed by atoms with Gasteiger partial charge in [0, 0.05) is 11.7 Å². The summed E-state index contributed by atoms with van der Waals surface area (Å²) in [6, 6.07) is 6.63. The standard InChI is InChI=1S/C13H15FN2O/c14-13-7-11(2-1-9(13)8-15)16-10-3-5-12(17)6-4-10/h1-2,7,10,12,16-17H,3-6H2. The van der Waals surface area contributed by atoms with E-state index in [1.54, 1.807) is 12.1 Å². The van der Waals surface area contributed by atoms with Crippen LogP contribution in [0.25, 0.3) is 0 Å². The number of nitrogens with one attached hydrogen (secondary N) is 1. The Bertz CT molecular complexity index is 434. The molecule has 2 N–H and O–H groups in total. The lowest BCUT2D eigenvalue weighted by Crippen LogP contribution is -2.28. The first-order chi connectivity index (χ1) is 8.19. The van der Waals surface area contributed by atoms with Crippen LogP contribution in [0, 0.1) is 17.1 Å². The first kappa shape index (κ1) is 11.9. The zero-order valence-electron chi connectivity index (χ0n) is 9.49. The van der Waals surface area contributed by atoms with Crippen LogP contribution in [0.5, 0.6) is 0 Å². The van der Waals surface area contributed by atoms with Crippen molar-refractivity contribution in [2.75, 3.05) is 5.32 Å². The number of aliphatic hydroxyl groups is 1. The topological polar surface area (TPSA) is 56.0 Å². The highest BCUT2D eigenvalue weighted by Gasteiger charge is 2.19. The van der Waals surface area contributed by atoms with Crippen molar-refractivity contribution >= 4 is 5.69 Å². The maximum Gasteiger partial charge on any atom is 0.143 e. The SMILES string of the molecule is N#Cc1ccc(NC2CCC(O)CC2)cc1F. The lowest BCUT2D eigenvalue weighted by molar-refractivity contribution is 0.126. The Labute approximate surface area is 99.9 Å². The van der Waals surface area contributed by atoms with Gasteiger partial charge in [-0.05, 0) is 43.9 Å². The summed E-state index contributed by atoms with van der Waals surface area (Å²) in [5, 5.41) is 21.2. The second-order valence-corrected chi connectivity index (χ2v) is 4.46. The van der Waals surface area contributed by atoms with E-state index in [9.17, 15) is 9.50 Å². The van der Waals surface area contributed by atoms with Crippen molar-refractivity contribution in [3.05, 3.63) is 29.6 Å². The van der Waals surface area contributed by atoms with Gasteiger partial charge < -0.3 is 10.4 Å². The third kappa shape index (κ3) is 2.95. The van der Waals surface area contributed by atoms with Gasteiger partial charge in [0.15, 0.2) is 0 Å². The van der Waals surface area contributed by atoms with Crippen molar-refractivity contribution in [2.45, 2.75) is 37.8 Å². The Kier molecular flexibility index (Phi) is 3.60. The number of nitrogens with zero attached hydrogens (tertiary/aromatic N) is 1. The molecule has 1 aliphatic rings. The summed E-state index contributed by atoms with van der Waals surface area (Å²) in [5.41, 5.74) is 0.762. The quantitative estimate of drug-likeness (QED) is 0.826. The fraction of sp³-hybridized carbons (Fsp3) is 0.462. The maximum atomic E-state index is 13.4. The third-order valence-corrected chi connectivity index (χ3v) is 3.16. The van der Waals surface area contributed by atoms with E-state index in [-0.39, 0.29) is 17.7 Å². The minimum atomic E-state index is -0.492. The Balaban J connectivity index is 2.00. The van der Waals surface area contributed by atoms with Gasteiger partial charge in [-0.1, -0.05) is 0 Å². The van der Waals surface area contributed by atoms with Crippen molar-refractivity contribution in [3.63, 3.8) is 0 Å². The highest BCUT2D eigenvalue weighted by atomic mass is 19.1. The van der Waals surface area contributed by atoms with Gasteiger partial charge in [0.2, 0.25) is 0 Å². The summed E-state index contributed by atoms with van der Waals surface area (Å²) in [7, 11) is 0. The van der Waals surface area contributed by atoms with Crippen molar-refractivity contribution in [1.82, 2.24) is 0 Å². The van der Waals surface area contributed by atoms with E-state index in [1.165, 1.54) is 12.1 Å². The van der Waals surface area contributed by atoms with Crippen LogP contribution in [0.3, 0.4) is 0 Å². The molecule has 90 valence electrons. The summed E-state index contributed by atoms with van der Waals surface area (Å²) in [4.78, 5) is 0. The summed E-state index contributed by atoms with van der Waals surface area (Å²) in [5.74, 6) is -0.492. The highest BCUT2D eigenvalue weighted by molar-refractivity contribution is 5.48. The Hall–Kier alpha value is -1.60. The fourth-order valence-electron chi connectivity index (χ4n) is 2.15. The van der Waals surface area contributed by atoms with Crippen LogP contribution in [0.15, 0.2) is 18.2 Å². The summed E-state index contributed by atoms with van der Waals surface area (Å²) < 4.78 is 13.4. The number of nitriles is 1. The van der Waals surface area contributed by atoms with Crippen LogP contribution < -0.4 is 5.32 Å². The molecule has 0 unspecified atom stereocenters. The monoisotopic (exact) mass is 234 g/mol. The summed E-state index contributed by atoms with van der Waals surface area (Å²) in [6.45, 7) is 0. The molecule has 0 aromatic heterocycles. The van der Waals surface area contributed by atoms with E-state index in [0.717, 1.165) is 25.7 Å². The zero-order valence-corrected chi connectivity index (χ0v) is 9.49. The smallest absolute Gasteiger partial charge is 0.143 e. The molecule has 0 radical (unpaired) electrons. The first-order valence-electron chi connectivity index (χ1n) is 5.83. The molecule has 1 aromatic carbocycles. The van der Waals surface area contributed by atoms with E-state index in [2.05, 4.69) is 5.32 Å². The molecule has 0 spiro atoms. The molecular weight excluding hydrogens is 219 g/mol. The van der Waals surface area contributed by atoms with Gasteiger partial charge in [-0.3, -0.25) is 0 Å². The molecule has 2 rings (SSSR count). The molecule has 0 aliphatic heterocycles. The summed E-state index contributed by atoms with van der Waals surface area (Å²) in [6.07, 6.45) is 3.17. The van der Waals surface area contributed by atoms with Crippen LogP contribution in [0.1, 0.15) is 31.2 Å². The molecule has 0 heterocycles. The lowest BCUT2D eigenvalue weighted by Gasteiger charge is -2.27. The Morgan fingerprint density at radius 3 is 2.59 bits per heavy atom. The minimum Gasteiger partial charge on any atom is -0.393 e. The predicted molar refractivity (Wildman–Crippen MR) is 63.0 cm³/mol. The molecule has 3 nitrogen and oxygen atoms in total. The van der Waals surface area contributed by atoms with Crippen LogP contribution in [-0.2, 0) is 0 Å². The number of rotatable bonds is 2. The molecule has 0 amide bonds. The van der Waals surface area contributed by atoms with Crippen LogP contribution >= 0.6 is 0 Å². The number of benzene rings is 1.